The highest BCUT2D eigenvalue weighted by Crippen LogP contribution is 2.57. The molecule has 7 rings (SSSR count). The third kappa shape index (κ3) is 7.92. The number of allylic oxidation sites excluding steroid dienone is 1. The maximum atomic E-state index is 14.6. The van der Waals surface area contributed by atoms with Gasteiger partial charge in [0.2, 0.25) is 27.7 Å². The second-order valence-corrected chi connectivity index (χ2v) is 18.8. The monoisotopic (exact) mass is 765 g/mol. The Balaban J connectivity index is 1.22. The molecular formula is C39H51N5O9S. The molecule has 1 aromatic heterocycles. The topological polar surface area (TPSA) is 183 Å². The molecule has 3 aliphatic carbocycles. The highest BCUT2D eigenvalue weighted by atomic mass is 32.2. The molecule has 5 aliphatic rings. The first kappa shape index (κ1) is 38.0. The quantitative estimate of drug-likeness (QED) is 0.364. The summed E-state index contributed by atoms with van der Waals surface area (Å²) in [6.45, 7) is 9.30. The zero-order chi connectivity index (χ0) is 38.6. The van der Waals surface area contributed by atoms with Crippen LogP contribution >= 0.6 is 0 Å². The molecule has 2 bridgehead atoms. The van der Waals surface area contributed by atoms with Crippen molar-refractivity contribution in [1.82, 2.24) is 24.9 Å². The molecule has 15 heteroatoms. The summed E-state index contributed by atoms with van der Waals surface area (Å²) in [5.74, 6) is -0.844. The van der Waals surface area contributed by atoms with Gasteiger partial charge in [0.1, 0.15) is 29.7 Å². The summed E-state index contributed by atoms with van der Waals surface area (Å²) in [5.41, 5.74) is -0.142. The summed E-state index contributed by atoms with van der Waals surface area (Å²) < 4.78 is 45.5. The van der Waals surface area contributed by atoms with Crippen molar-refractivity contribution in [1.29, 1.82) is 0 Å². The number of rotatable bonds is 8. The number of Topliss-reactive ketones (excluding diaryl/α,β-unsaturated/α-hetero) is 1. The van der Waals surface area contributed by atoms with Crippen LogP contribution in [0.4, 0.5) is 4.79 Å². The highest BCUT2D eigenvalue weighted by molar-refractivity contribution is 7.90. The van der Waals surface area contributed by atoms with Gasteiger partial charge in [-0.25, -0.2) is 23.2 Å². The number of amides is 3. The SMILES string of the molecule is C=C[C@@H]1C[C@]1(CC(=O)[C@@H]1C[C@@H]2CN1C(=O)[C@H](C(C)(C)C)NC(=O)O[C@@H]1C[C@H]1CCCCCc1nc3ccc(OC)cc3nc1O2)C(=O)NS(=O)(=O)C1CC1. The molecule has 14 nitrogen and oxygen atoms in total. The molecule has 0 radical (unpaired) electrons. The van der Waals surface area contributed by atoms with E-state index in [2.05, 4.69) is 16.6 Å². The molecule has 2 N–H and O–H groups in total. The number of methoxy groups -OCH3 is 1. The van der Waals surface area contributed by atoms with Gasteiger partial charge in [-0.2, -0.15) is 0 Å². The molecule has 1 aromatic carbocycles. The predicted molar refractivity (Wildman–Crippen MR) is 198 cm³/mol. The number of benzene rings is 1. The van der Waals surface area contributed by atoms with E-state index in [4.69, 9.17) is 24.2 Å². The van der Waals surface area contributed by atoms with Crippen LogP contribution in [0, 0.1) is 22.7 Å². The van der Waals surface area contributed by atoms with E-state index in [0.717, 1.165) is 32.1 Å². The van der Waals surface area contributed by atoms with Crippen LogP contribution in [-0.4, -0.2) is 90.2 Å². The van der Waals surface area contributed by atoms with E-state index < -0.39 is 73.9 Å². The normalized spacial score (nSPS) is 30.3. The average Bonchev–Trinajstić information content (AvgIpc) is 4.04. The van der Waals surface area contributed by atoms with E-state index in [9.17, 15) is 27.6 Å². The Bertz CT molecular complexity index is 1960. The number of ketones is 1. The van der Waals surface area contributed by atoms with Crippen molar-refractivity contribution in [2.75, 3.05) is 13.7 Å². The molecule has 4 fully saturated rings. The van der Waals surface area contributed by atoms with Crippen LogP contribution in [0.15, 0.2) is 30.9 Å². The molecule has 2 aliphatic heterocycles. The smallest absolute Gasteiger partial charge is 0.408 e. The number of nitrogens with one attached hydrogen (secondary N) is 2. The summed E-state index contributed by atoms with van der Waals surface area (Å²) in [6, 6.07) is 3.36. The summed E-state index contributed by atoms with van der Waals surface area (Å²) in [4.78, 5) is 67.1. The molecule has 3 heterocycles. The van der Waals surface area contributed by atoms with Crippen molar-refractivity contribution in [3.63, 3.8) is 0 Å². The summed E-state index contributed by atoms with van der Waals surface area (Å²) in [7, 11) is -2.29. The van der Waals surface area contributed by atoms with E-state index >= 15 is 0 Å². The zero-order valence-electron chi connectivity index (χ0n) is 31.5. The molecule has 1 saturated heterocycles. The number of nitrogens with zero attached hydrogens (tertiary/aromatic N) is 3. The number of ether oxygens (including phenoxy) is 3. The van der Waals surface area contributed by atoms with Gasteiger partial charge < -0.3 is 24.4 Å². The minimum absolute atomic E-state index is 0.000652. The molecule has 3 amide bonds. The van der Waals surface area contributed by atoms with Gasteiger partial charge >= 0.3 is 6.09 Å². The fraction of sp³-hybridized carbons (Fsp3) is 0.641. The van der Waals surface area contributed by atoms with Gasteiger partial charge in [0.15, 0.2) is 5.78 Å². The van der Waals surface area contributed by atoms with Crippen LogP contribution in [0.25, 0.3) is 11.0 Å². The lowest BCUT2D eigenvalue weighted by atomic mass is 9.85. The van der Waals surface area contributed by atoms with Gasteiger partial charge in [0.25, 0.3) is 0 Å². The average molecular weight is 766 g/mol. The van der Waals surface area contributed by atoms with Crippen molar-refractivity contribution in [2.24, 2.45) is 22.7 Å². The Kier molecular flexibility index (Phi) is 10.2. The van der Waals surface area contributed by atoms with Gasteiger partial charge in [0.05, 0.1) is 41.4 Å². The second-order valence-electron chi connectivity index (χ2n) is 16.8. The highest BCUT2D eigenvalue weighted by Gasteiger charge is 2.61. The Hall–Kier alpha value is -4.27. The lowest BCUT2D eigenvalue weighted by Gasteiger charge is -2.35. The number of hydrogen-bond acceptors (Lipinski definition) is 11. The van der Waals surface area contributed by atoms with E-state index in [1.165, 1.54) is 4.90 Å². The second kappa shape index (κ2) is 14.4. The summed E-state index contributed by atoms with van der Waals surface area (Å²) in [5, 5.41) is 2.20. The Morgan fingerprint density at radius 1 is 1.09 bits per heavy atom. The number of sulfonamides is 1. The first-order chi connectivity index (χ1) is 25.6. The Labute approximate surface area is 316 Å². The minimum Gasteiger partial charge on any atom is -0.497 e. The van der Waals surface area contributed by atoms with Crippen LogP contribution in [0.5, 0.6) is 11.6 Å². The van der Waals surface area contributed by atoms with Crippen LogP contribution in [0.1, 0.15) is 90.7 Å². The molecular weight excluding hydrogens is 715 g/mol. The maximum Gasteiger partial charge on any atom is 0.408 e. The van der Waals surface area contributed by atoms with E-state index in [1.807, 2.05) is 32.9 Å². The van der Waals surface area contributed by atoms with E-state index in [-0.39, 0.29) is 37.8 Å². The lowest BCUT2D eigenvalue weighted by Crippen LogP contribution is -2.57. The summed E-state index contributed by atoms with van der Waals surface area (Å²) in [6.07, 6.45) is 6.03. The minimum atomic E-state index is -3.86. The van der Waals surface area contributed by atoms with Gasteiger partial charge in [-0.1, -0.05) is 39.7 Å². The largest absolute Gasteiger partial charge is 0.497 e. The van der Waals surface area contributed by atoms with Crippen LogP contribution in [-0.2, 0) is 35.6 Å². The number of alkyl carbamates (subject to hydrolysis) is 1. The Morgan fingerprint density at radius 3 is 2.56 bits per heavy atom. The first-order valence-electron chi connectivity index (χ1n) is 19.1. The van der Waals surface area contributed by atoms with Crippen molar-refractivity contribution < 1.29 is 41.8 Å². The van der Waals surface area contributed by atoms with E-state index in [1.54, 1.807) is 19.3 Å². The van der Waals surface area contributed by atoms with Crippen LogP contribution < -0.4 is 19.5 Å². The molecule has 0 unspecified atom stereocenters. The predicted octanol–water partition coefficient (Wildman–Crippen LogP) is 4.39. The third-order valence-electron chi connectivity index (χ3n) is 11.6. The summed E-state index contributed by atoms with van der Waals surface area (Å²) >= 11 is 0. The zero-order valence-corrected chi connectivity index (χ0v) is 32.3. The molecule has 3 saturated carbocycles. The van der Waals surface area contributed by atoms with Gasteiger partial charge in [-0.05, 0) is 74.3 Å². The van der Waals surface area contributed by atoms with Gasteiger partial charge in [-0.3, -0.25) is 19.1 Å². The van der Waals surface area contributed by atoms with Crippen molar-refractivity contribution in [2.45, 2.75) is 121 Å². The maximum absolute atomic E-state index is 14.6. The molecule has 7 atom stereocenters. The number of carbonyl (C=O) groups excluding carboxylic acids is 4. The van der Waals surface area contributed by atoms with Gasteiger partial charge in [-0.15, -0.1) is 6.58 Å². The molecule has 54 heavy (non-hydrogen) atoms. The number of hydrogen-bond donors (Lipinski definition) is 2. The van der Waals surface area contributed by atoms with Crippen molar-refractivity contribution in [3.8, 4) is 11.6 Å². The molecule has 0 spiro atoms. The van der Waals surface area contributed by atoms with Crippen LogP contribution in [0.2, 0.25) is 0 Å². The lowest BCUT2D eigenvalue weighted by molar-refractivity contribution is -0.142. The van der Waals surface area contributed by atoms with E-state index in [0.29, 0.717) is 47.6 Å². The third-order valence-corrected chi connectivity index (χ3v) is 13.5. The number of aromatic nitrogens is 2. The Morgan fingerprint density at radius 2 is 1.87 bits per heavy atom. The van der Waals surface area contributed by atoms with Crippen molar-refractivity contribution >= 4 is 44.7 Å². The molecule has 292 valence electrons. The van der Waals surface area contributed by atoms with Crippen molar-refractivity contribution in [3.05, 3.63) is 36.5 Å². The number of fused-ring (bicyclic) bond motifs is 5. The molecule has 2 aromatic rings. The number of carbonyl (C=O) groups is 4. The fourth-order valence-corrected chi connectivity index (χ4v) is 9.37. The van der Waals surface area contributed by atoms with Crippen LogP contribution in [0.3, 0.4) is 0 Å². The number of aryl methyl sites for hydroxylation is 1. The first-order valence-corrected chi connectivity index (χ1v) is 20.7. The standard InChI is InChI=1S/C39H51N5O9S/c1-6-23-19-39(23,36(47)43-54(49,50)26-13-14-26)20-31(45)30-18-25-21-44(30)35(46)33(38(2,3)4)42-37(48)53-32-16-22(32)10-8-7-9-11-28-34(52-25)41-29-17-24(51-5)12-15-27(29)40-28/h6,12,15,17,22-23,25-26,30,32-33H,1,7-11,13-14,16,18-21H2,2-5H3,(H,42,48)(H,43,47)/t22-,23-,25-,30+,32-,33-,39-/m1/s1. The fourth-order valence-electron chi connectivity index (χ4n) is 7.98. The van der Waals surface area contributed by atoms with Gasteiger partial charge in [0, 0.05) is 18.9 Å².